The van der Waals surface area contributed by atoms with E-state index < -0.39 is 0 Å². The molecule has 0 amide bonds. The van der Waals surface area contributed by atoms with Crippen LogP contribution in [0.1, 0.15) is 43.9 Å². The van der Waals surface area contributed by atoms with Crippen molar-refractivity contribution in [1.29, 1.82) is 0 Å². The van der Waals surface area contributed by atoms with Crippen molar-refractivity contribution < 1.29 is 0 Å². The third-order valence-electron chi connectivity index (χ3n) is 2.66. The fourth-order valence-corrected chi connectivity index (χ4v) is 2.03. The molecule has 0 aliphatic heterocycles. The maximum absolute atomic E-state index is 3.89. The summed E-state index contributed by atoms with van der Waals surface area (Å²) in [6.45, 7) is 10.7. The molecule has 0 aromatic heterocycles. The molecule has 0 atom stereocenters. The standard InChI is InChI=1S/C15H22/c1-5-8-15-13(6-2)9-7-10-14(15)11-12(3)4/h6-7,9-10,12H,2,5,8,11H2,1,3-4H3. The molecule has 1 aromatic rings. The SMILES string of the molecule is C=Cc1cccc(CC(C)C)c1CCC. The number of hydrogen-bond acceptors (Lipinski definition) is 0. The first-order valence-electron chi connectivity index (χ1n) is 5.92. The van der Waals surface area contributed by atoms with Gasteiger partial charge in [-0.05, 0) is 35.4 Å². The molecule has 0 heterocycles. The average Bonchev–Trinajstić information content (AvgIpc) is 2.20. The Labute approximate surface area is 94.0 Å². The Balaban J connectivity index is 3.06. The van der Waals surface area contributed by atoms with E-state index in [1.54, 1.807) is 0 Å². The van der Waals surface area contributed by atoms with E-state index in [1.807, 2.05) is 6.08 Å². The van der Waals surface area contributed by atoms with Crippen molar-refractivity contribution in [2.45, 2.75) is 40.0 Å². The first-order chi connectivity index (χ1) is 7.19. The zero-order valence-electron chi connectivity index (χ0n) is 10.2. The molecule has 82 valence electrons. The van der Waals surface area contributed by atoms with E-state index in [-0.39, 0.29) is 0 Å². The van der Waals surface area contributed by atoms with Gasteiger partial charge in [-0.1, -0.05) is 58.0 Å². The van der Waals surface area contributed by atoms with Crippen LogP contribution >= 0.6 is 0 Å². The Morgan fingerprint density at radius 3 is 2.60 bits per heavy atom. The van der Waals surface area contributed by atoms with Gasteiger partial charge in [0.05, 0.1) is 0 Å². The van der Waals surface area contributed by atoms with Crippen molar-refractivity contribution in [3.8, 4) is 0 Å². The highest BCUT2D eigenvalue weighted by Crippen LogP contribution is 2.20. The lowest BCUT2D eigenvalue weighted by molar-refractivity contribution is 0.641. The second-order valence-electron chi connectivity index (χ2n) is 4.54. The van der Waals surface area contributed by atoms with Gasteiger partial charge in [-0.3, -0.25) is 0 Å². The zero-order chi connectivity index (χ0) is 11.3. The summed E-state index contributed by atoms with van der Waals surface area (Å²) < 4.78 is 0. The summed E-state index contributed by atoms with van der Waals surface area (Å²) in [5.41, 5.74) is 4.32. The van der Waals surface area contributed by atoms with E-state index >= 15 is 0 Å². The predicted octanol–water partition coefficient (Wildman–Crippen LogP) is 4.48. The molecule has 0 saturated carbocycles. The topological polar surface area (TPSA) is 0 Å². The molecule has 0 unspecified atom stereocenters. The van der Waals surface area contributed by atoms with Crippen molar-refractivity contribution in [1.82, 2.24) is 0 Å². The number of hydrogen-bond donors (Lipinski definition) is 0. The Hall–Kier alpha value is -1.04. The first-order valence-corrected chi connectivity index (χ1v) is 5.92. The van der Waals surface area contributed by atoms with Gasteiger partial charge >= 0.3 is 0 Å². The summed E-state index contributed by atoms with van der Waals surface area (Å²) in [6, 6.07) is 6.58. The molecule has 0 aliphatic rings. The lowest BCUT2D eigenvalue weighted by Gasteiger charge is -2.13. The Bertz CT molecular complexity index is 321. The highest BCUT2D eigenvalue weighted by atomic mass is 14.1. The minimum atomic E-state index is 0.723. The van der Waals surface area contributed by atoms with Gasteiger partial charge in [-0.15, -0.1) is 0 Å². The highest BCUT2D eigenvalue weighted by molar-refractivity contribution is 5.54. The van der Waals surface area contributed by atoms with Crippen molar-refractivity contribution in [3.63, 3.8) is 0 Å². The maximum atomic E-state index is 3.89. The summed E-state index contributed by atoms with van der Waals surface area (Å²) in [5.74, 6) is 0.723. The largest absolute Gasteiger partial charge is 0.0985 e. The first kappa shape index (κ1) is 12.0. The quantitative estimate of drug-likeness (QED) is 0.660. The lowest BCUT2D eigenvalue weighted by atomic mass is 9.92. The van der Waals surface area contributed by atoms with Crippen LogP contribution in [0.2, 0.25) is 0 Å². The Morgan fingerprint density at radius 2 is 2.07 bits per heavy atom. The van der Waals surface area contributed by atoms with Crippen LogP contribution in [0.3, 0.4) is 0 Å². The van der Waals surface area contributed by atoms with Crippen LogP contribution in [0.25, 0.3) is 6.08 Å². The van der Waals surface area contributed by atoms with Crippen LogP contribution in [0.5, 0.6) is 0 Å². The molecular weight excluding hydrogens is 180 g/mol. The van der Waals surface area contributed by atoms with Gasteiger partial charge in [0, 0.05) is 0 Å². The second kappa shape index (κ2) is 5.75. The van der Waals surface area contributed by atoms with Crippen LogP contribution < -0.4 is 0 Å². The molecule has 0 saturated heterocycles. The van der Waals surface area contributed by atoms with Crippen LogP contribution in [0, 0.1) is 5.92 Å². The summed E-state index contributed by atoms with van der Waals surface area (Å²) in [5, 5.41) is 0. The van der Waals surface area contributed by atoms with E-state index in [9.17, 15) is 0 Å². The van der Waals surface area contributed by atoms with Crippen LogP contribution in [-0.4, -0.2) is 0 Å². The number of benzene rings is 1. The van der Waals surface area contributed by atoms with Gasteiger partial charge in [0.2, 0.25) is 0 Å². The zero-order valence-corrected chi connectivity index (χ0v) is 10.2. The van der Waals surface area contributed by atoms with Crippen LogP contribution in [-0.2, 0) is 12.8 Å². The van der Waals surface area contributed by atoms with Crippen molar-refractivity contribution in [3.05, 3.63) is 41.5 Å². The summed E-state index contributed by atoms with van der Waals surface area (Å²) in [6.07, 6.45) is 5.53. The molecule has 0 fully saturated rings. The molecule has 0 N–H and O–H groups in total. The Kier molecular flexibility index (Phi) is 4.61. The van der Waals surface area contributed by atoms with E-state index in [0.717, 1.165) is 5.92 Å². The van der Waals surface area contributed by atoms with Crippen LogP contribution in [0.4, 0.5) is 0 Å². The van der Waals surface area contributed by atoms with Crippen molar-refractivity contribution in [2.24, 2.45) is 5.92 Å². The van der Waals surface area contributed by atoms with E-state index in [1.165, 1.54) is 36.0 Å². The summed E-state index contributed by atoms with van der Waals surface area (Å²) in [4.78, 5) is 0. The average molecular weight is 202 g/mol. The van der Waals surface area contributed by atoms with Crippen LogP contribution in [0.15, 0.2) is 24.8 Å². The van der Waals surface area contributed by atoms with Crippen molar-refractivity contribution in [2.75, 3.05) is 0 Å². The molecule has 15 heavy (non-hydrogen) atoms. The monoisotopic (exact) mass is 202 g/mol. The van der Waals surface area contributed by atoms with Gasteiger partial charge in [0.15, 0.2) is 0 Å². The maximum Gasteiger partial charge on any atom is -0.0228 e. The van der Waals surface area contributed by atoms with Gasteiger partial charge in [0.1, 0.15) is 0 Å². The summed E-state index contributed by atoms with van der Waals surface area (Å²) in [7, 11) is 0. The second-order valence-corrected chi connectivity index (χ2v) is 4.54. The molecule has 0 heteroatoms. The van der Waals surface area contributed by atoms with E-state index in [4.69, 9.17) is 0 Å². The fourth-order valence-electron chi connectivity index (χ4n) is 2.03. The number of rotatable bonds is 5. The third-order valence-corrected chi connectivity index (χ3v) is 2.66. The normalized spacial score (nSPS) is 10.7. The lowest BCUT2D eigenvalue weighted by Crippen LogP contribution is -2.01. The fraction of sp³-hybridized carbons (Fsp3) is 0.467. The minimum absolute atomic E-state index is 0.723. The molecule has 0 aliphatic carbocycles. The summed E-state index contributed by atoms with van der Waals surface area (Å²) >= 11 is 0. The molecule has 0 radical (unpaired) electrons. The molecule has 0 spiro atoms. The van der Waals surface area contributed by atoms with E-state index in [0.29, 0.717) is 0 Å². The smallest absolute Gasteiger partial charge is 0.0228 e. The van der Waals surface area contributed by atoms with Crippen molar-refractivity contribution >= 4 is 6.08 Å². The third kappa shape index (κ3) is 3.23. The van der Waals surface area contributed by atoms with Gasteiger partial charge in [0.25, 0.3) is 0 Å². The molecule has 0 nitrogen and oxygen atoms in total. The van der Waals surface area contributed by atoms with Gasteiger partial charge in [-0.2, -0.15) is 0 Å². The predicted molar refractivity (Wildman–Crippen MR) is 69.1 cm³/mol. The van der Waals surface area contributed by atoms with E-state index in [2.05, 4.69) is 45.5 Å². The van der Waals surface area contributed by atoms with Gasteiger partial charge in [-0.25, -0.2) is 0 Å². The molecule has 1 rings (SSSR count). The molecular formula is C15H22. The highest BCUT2D eigenvalue weighted by Gasteiger charge is 2.06. The van der Waals surface area contributed by atoms with Gasteiger partial charge < -0.3 is 0 Å². The Morgan fingerprint density at radius 1 is 1.33 bits per heavy atom. The minimum Gasteiger partial charge on any atom is -0.0985 e. The molecule has 0 bridgehead atoms. The molecule has 1 aromatic carbocycles.